The molecule has 172 valence electrons. The van der Waals surface area contributed by atoms with Gasteiger partial charge in [0.2, 0.25) is 18.6 Å². The first-order valence-corrected chi connectivity index (χ1v) is 11.1. The van der Waals surface area contributed by atoms with Gasteiger partial charge in [-0.25, -0.2) is 4.79 Å². The highest BCUT2D eigenvalue weighted by Crippen LogP contribution is 2.34. The summed E-state index contributed by atoms with van der Waals surface area (Å²) in [4.78, 5) is 42.2. The molecule has 2 unspecified atom stereocenters. The Hall–Kier alpha value is -3.59. The van der Waals surface area contributed by atoms with Gasteiger partial charge in [-0.3, -0.25) is 14.5 Å². The number of benzene rings is 2. The third kappa shape index (κ3) is 4.23. The smallest absolute Gasteiger partial charge is 0.327 e. The lowest BCUT2D eigenvalue weighted by atomic mass is 9.93. The molecule has 2 atom stereocenters. The largest absolute Gasteiger partial charge is 0.454 e. The van der Waals surface area contributed by atoms with Gasteiger partial charge in [-0.1, -0.05) is 29.8 Å². The van der Waals surface area contributed by atoms with E-state index >= 15 is 0 Å². The minimum atomic E-state index is -0.514. The van der Waals surface area contributed by atoms with Crippen LogP contribution in [0.4, 0.5) is 10.5 Å². The number of anilines is 1. The molecule has 5 rings (SSSR count). The number of carbonyl (C=O) groups is 3. The third-order valence-corrected chi connectivity index (χ3v) is 6.27. The maximum Gasteiger partial charge on any atom is 0.327 e. The Morgan fingerprint density at radius 1 is 1.12 bits per heavy atom. The molecule has 33 heavy (non-hydrogen) atoms. The topological polar surface area (TPSA) is 100 Å². The molecule has 9 heteroatoms. The fourth-order valence-corrected chi connectivity index (χ4v) is 4.55. The number of nitrogens with zero attached hydrogens (tertiary/aromatic N) is 2. The van der Waals surface area contributed by atoms with Crippen molar-refractivity contribution in [1.29, 1.82) is 0 Å². The van der Waals surface area contributed by atoms with Crippen LogP contribution >= 0.6 is 0 Å². The van der Waals surface area contributed by atoms with Crippen molar-refractivity contribution < 1.29 is 23.9 Å². The predicted octanol–water partition coefficient (Wildman–Crippen LogP) is 2.25. The Labute approximate surface area is 191 Å². The van der Waals surface area contributed by atoms with Crippen molar-refractivity contribution in [3.05, 3.63) is 53.6 Å². The molecule has 0 radical (unpaired) electrons. The number of amides is 4. The predicted molar refractivity (Wildman–Crippen MR) is 120 cm³/mol. The lowest BCUT2D eigenvalue weighted by Crippen LogP contribution is -2.70. The van der Waals surface area contributed by atoms with Crippen molar-refractivity contribution in [1.82, 2.24) is 15.1 Å². The molecule has 9 nitrogen and oxygen atoms in total. The first-order valence-electron chi connectivity index (χ1n) is 11.1. The zero-order chi connectivity index (χ0) is 22.9. The number of nitrogens with one attached hydrogen (secondary N) is 2. The zero-order valence-electron chi connectivity index (χ0n) is 18.4. The number of urea groups is 1. The monoisotopic (exact) mass is 450 g/mol. The standard InChI is InChI=1S/C24H26N4O5/c1-15-4-6-16(7-5-15)12-28-23(30)22-18(3-2-10-25-22)27(24(28)31)13-21(29)26-17-8-9-19-20(11-17)33-14-32-19/h4-9,11,18,22,25H,2-3,10,12-14H2,1H3,(H,26,29). The Morgan fingerprint density at radius 2 is 1.91 bits per heavy atom. The second-order valence-corrected chi connectivity index (χ2v) is 8.58. The average molecular weight is 450 g/mol. The molecular formula is C24H26N4O5. The number of rotatable bonds is 5. The van der Waals surface area contributed by atoms with Crippen molar-refractivity contribution in [2.45, 2.75) is 38.4 Å². The summed E-state index contributed by atoms with van der Waals surface area (Å²) >= 11 is 0. The van der Waals surface area contributed by atoms with E-state index in [9.17, 15) is 14.4 Å². The van der Waals surface area contributed by atoms with Gasteiger partial charge in [0.1, 0.15) is 12.6 Å². The summed E-state index contributed by atoms with van der Waals surface area (Å²) in [5.41, 5.74) is 2.52. The van der Waals surface area contributed by atoms with Crippen LogP contribution in [0.2, 0.25) is 0 Å². The zero-order valence-corrected chi connectivity index (χ0v) is 18.4. The SMILES string of the molecule is Cc1ccc(CN2C(=O)C3NCCCC3N(CC(=O)Nc3ccc4c(c3)OCO4)C2=O)cc1. The van der Waals surface area contributed by atoms with Gasteiger partial charge in [-0.2, -0.15) is 0 Å². The van der Waals surface area contributed by atoms with Crippen molar-refractivity contribution in [3.63, 3.8) is 0 Å². The molecule has 3 heterocycles. The number of ether oxygens (including phenoxy) is 2. The fraction of sp³-hybridized carbons (Fsp3) is 0.375. The Morgan fingerprint density at radius 3 is 2.73 bits per heavy atom. The number of fused-ring (bicyclic) bond motifs is 2. The van der Waals surface area contributed by atoms with Gasteiger partial charge in [0.25, 0.3) is 0 Å². The Bertz CT molecular complexity index is 1090. The minimum absolute atomic E-state index is 0.145. The summed E-state index contributed by atoms with van der Waals surface area (Å²) in [7, 11) is 0. The molecule has 4 amide bonds. The van der Waals surface area contributed by atoms with Gasteiger partial charge in [-0.05, 0) is 44.0 Å². The van der Waals surface area contributed by atoms with Crippen LogP contribution in [0.1, 0.15) is 24.0 Å². The Kier molecular flexibility index (Phi) is 5.63. The quantitative estimate of drug-likeness (QED) is 0.725. The lowest BCUT2D eigenvalue weighted by Gasteiger charge is -2.46. The lowest BCUT2D eigenvalue weighted by molar-refractivity contribution is -0.138. The number of hydrogen-bond donors (Lipinski definition) is 2. The second-order valence-electron chi connectivity index (χ2n) is 8.58. The first-order chi connectivity index (χ1) is 16.0. The van der Waals surface area contributed by atoms with Crippen LogP contribution in [0.5, 0.6) is 11.5 Å². The summed E-state index contributed by atoms with van der Waals surface area (Å²) in [6.07, 6.45) is 1.50. The highest BCUT2D eigenvalue weighted by molar-refractivity contribution is 6.03. The van der Waals surface area contributed by atoms with Gasteiger partial charge >= 0.3 is 6.03 Å². The highest BCUT2D eigenvalue weighted by atomic mass is 16.7. The van der Waals surface area contributed by atoms with Crippen LogP contribution in [-0.4, -0.2) is 59.6 Å². The van der Waals surface area contributed by atoms with Gasteiger partial charge in [0.15, 0.2) is 11.5 Å². The van der Waals surface area contributed by atoms with Crippen LogP contribution in [0, 0.1) is 6.92 Å². The van der Waals surface area contributed by atoms with Crippen LogP contribution in [-0.2, 0) is 16.1 Å². The van der Waals surface area contributed by atoms with E-state index in [-0.39, 0.29) is 37.7 Å². The molecule has 0 saturated carbocycles. The summed E-state index contributed by atoms with van der Waals surface area (Å²) in [5, 5.41) is 6.07. The molecule has 0 spiro atoms. The second kappa shape index (κ2) is 8.74. The Balaban J connectivity index is 1.33. The van der Waals surface area contributed by atoms with Crippen LogP contribution in [0.25, 0.3) is 0 Å². The van der Waals surface area contributed by atoms with Crippen LogP contribution in [0.15, 0.2) is 42.5 Å². The van der Waals surface area contributed by atoms with E-state index in [1.807, 2.05) is 31.2 Å². The maximum atomic E-state index is 13.4. The average Bonchev–Trinajstić information content (AvgIpc) is 3.29. The summed E-state index contributed by atoms with van der Waals surface area (Å²) in [5.74, 6) is 0.614. The molecule has 0 aliphatic carbocycles. The number of aryl methyl sites for hydroxylation is 1. The normalized spacial score (nSPS) is 21.7. The third-order valence-electron chi connectivity index (χ3n) is 6.27. The summed E-state index contributed by atoms with van der Waals surface area (Å²) in [6.45, 7) is 2.86. The minimum Gasteiger partial charge on any atom is -0.454 e. The maximum absolute atomic E-state index is 13.4. The molecule has 3 aliphatic rings. The van der Waals surface area contributed by atoms with E-state index in [1.54, 1.807) is 18.2 Å². The van der Waals surface area contributed by atoms with Gasteiger partial charge in [0.05, 0.1) is 12.6 Å². The first kappa shape index (κ1) is 21.3. The summed E-state index contributed by atoms with van der Waals surface area (Å²) in [6, 6.07) is 11.6. The van der Waals surface area contributed by atoms with Gasteiger partial charge < -0.3 is 25.0 Å². The fourth-order valence-electron chi connectivity index (χ4n) is 4.55. The number of hydrogen-bond acceptors (Lipinski definition) is 6. The molecule has 0 aromatic heterocycles. The van der Waals surface area contributed by atoms with Crippen LogP contribution < -0.4 is 20.1 Å². The summed E-state index contributed by atoms with van der Waals surface area (Å²) < 4.78 is 10.7. The number of imide groups is 1. The molecule has 3 aliphatic heterocycles. The molecule has 2 N–H and O–H groups in total. The van der Waals surface area contributed by atoms with Gasteiger partial charge in [-0.15, -0.1) is 0 Å². The molecule has 0 bridgehead atoms. The molecular weight excluding hydrogens is 424 g/mol. The van der Waals surface area contributed by atoms with E-state index in [2.05, 4.69) is 10.6 Å². The van der Waals surface area contributed by atoms with E-state index in [0.717, 1.165) is 17.5 Å². The highest BCUT2D eigenvalue weighted by Gasteiger charge is 2.47. The van der Waals surface area contributed by atoms with Crippen molar-refractivity contribution in [2.24, 2.45) is 0 Å². The van der Waals surface area contributed by atoms with E-state index < -0.39 is 12.1 Å². The van der Waals surface area contributed by atoms with E-state index in [0.29, 0.717) is 30.2 Å². The van der Waals surface area contributed by atoms with Crippen LogP contribution in [0.3, 0.4) is 0 Å². The van der Waals surface area contributed by atoms with Crippen molar-refractivity contribution in [2.75, 3.05) is 25.2 Å². The van der Waals surface area contributed by atoms with Crippen molar-refractivity contribution >= 4 is 23.5 Å². The van der Waals surface area contributed by atoms with Gasteiger partial charge in [0, 0.05) is 11.8 Å². The molecule has 2 aromatic rings. The molecule has 2 fully saturated rings. The molecule has 2 aromatic carbocycles. The van der Waals surface area contributed by atoms with Crippen molar-refractivity contribution in [3.8, 4) is 11.5 Å². The van der Waals surface area contributed by atoms with E-state index in [1.165, 1.54) is 9.80 Å². The number of piperidine rings is 1. The van der Waals surface area contributed by atoms with E-state index in [4.69, 9.17) is 9.47 Å². The molecule has 2 saturated heterocycles. The number of carbonyl (C=O) groups excluding carboxylic acids is 3.